The van der Waals surface area contributed by atoms with Gasteiger partial charge in [-0.2, -0.15) is 0 Å². The van der Waals surface area contributed by atoms with Gasteiger partial charge in [0.2, 0.25) is 11.8 Å². The van der Waals surface area contributed by atoms with E-state index in [9.17, 15) is 9.59 Å². The van der Waals surface area contributed by atoms with Crippen molar-refractivity contribution >= 4 is 28.3 Å². The van der Waals surface area contributed by atoms with Crippen LogP contribution in [0.25, 0.3) is 0 Å². The van der Waals surface area contributed by atoms with E-state index in [1.54, 1.807) is 4.90 Å². The zero-order valence-corrected chi connectivity index (χ0v) is 16.1. The Hall–Kier alpha value is -1.47. The average Bonchev–Trinajstić information content (AvgIpc) is 2.92. The Kier molecular flexibility index (Phi) is 9.56. The van der Waals surface area contributed by atoms with Gasteiger partial charge in [0.05, 0.1) is 12.2 Å². The molecular weight excluding hydrogens is 324 g/mol. The molecule has 0 atom stereocenters. The van der Waals surface area contributed by atoms with Crippen LogP contribution in [0.3, 0.4) is 0 Å². The van der Waals surface area contributed by atoms with E-state index in [2.05, 4.69) is 17.2 Å². The first-order chi connectivity index (χ1) is 11.4. The third-order valence-electron chi connectivity index (χ3n) is 3.61. The van der Waals surface area contributed by atoms with Crippen LogP contribution in [0.4, 0.5) is 5.13 Å². The van der Waals surface area contributed by atoms with Gasteiger partial charge in [-0.3, -0.25) is 9.59 Å². The van der Waals surface area contributed by atoms with Gasteiger partial charge >= 0.3 is 0 Å². The van der Waals surface area contributed by atoms with Crippen LogP contribution < -0.4 is 5.32 Å². The van der Waals surface area contributed by atoms with Gasteiger partial charge in [0.1, 0.15) is 0 Å². The lowest BCUT2D eigenvalue weighted by Gasteiger charge is -2.23. The molecule has 1 N–H and O–H groups in total. The number of hydrogen-bond donors (Lipinski definition) is 1. The molecule has 1 aromatic rings. The summed E-state index contributed by atoms with van der Waals surface area (Å²) < 4.78 is 0. The molecule has 0 aliphatic heterocycles. The van der Waals surface area contributed by atoms with Gasteiger partial charge < -0.3 is 15.1 Å². The van der Waals surface area contributed by atoms with Crippen molar-refractivity contribution in [1.29, 1.82) is 0 Å². The second-order valence-electron chi connectivity index (χ2n) is 6.27. The number of carbonyl (C=O) groups is 2. The maximum Gasteiger partial charge on any atom is 0.245 e. The van der Waals surface area contributed by atoms with Crippen molar-refractivity contribution in [3.63, 3.8) is 0 Å². The predicted octanol–water partition coefficient (Wildman–Crippen LogP) is 2.75. The van der Waals surface area contributed by atoms with Crippen LogP contribution in [0.2, 0.25) is 0 Å². The molecule has 6 nitrogen and oxygen atoms in total. The molecule has 136 valence electrons. The molecule has 0 saturated heterocycles. The van der Waals surface area contributed by atoms with E-state index >= 15 is 0 Å². The number of unbranched alkanes of at least 4 members (excludes halogenated alkanes) is 3. The summed E-state index contributed by atoms with van der Waals surface area (Å²) >= 11 is 1.40. The molecule has 0 fully saturated rings. The van der Waals surface area contributed by atoms with Gasteiger partial charge in [0.15, 0.2) is 5.13 Å². The Morgan fingerprint density at radius 1 is 1.21 bits per heavy atom. The monoisotopic (exact) mass is 354 g/mol. The highest BCUT2D eigenvalue weighted by atomic mass is 32.1. The van der Waals surface area contributed by atoms with Crippen molar-refractivity contribution in [2.24, 2.45) is 0 Å². The Morgan fingerprint density at radius 3 is 2.54 bits per heavy atom. The van der Waals surface area contributed by atoms with Gasteiger partial charge in [-0.1, -0.05) is 26.2 Å². The molecule has 24 heavy (non-hydrogen) atoms. The van der Waals surface area contributed by atoms with E-state index < -0.39 is 0 Å². The van der Waals surface area contributed by atoms with E-state index in [1.165, 1.54) is 11.3 Å². The van der Waals surface area contributed by atoms with Crippen LogP contribution in [-0.2, 0) is 9.59 Å². The summed E-state index contributed by atoms with van der Waals surface area (Å²) in [6.07, 6.45) is 4.76. The van der Waals surface area contributed by atoms with Gasteiger partial charge in [0.25, 0.3) is 0 Å². The third-order valence-corrected chi connectivity index (χ3v) is 4.49. The zero-order chi connectivity index (χ0) is 17.9. The van der Waals surface area contributed by atoms with Crippen molar-refractivity contribution in [3.8, 4) is 0 Å². The normalized spacial score (nSPS) is 10.9. The van der Waals surface area contributed by atoms with Gasteiger partial charge in [-0.05, 0) is 27.4 Å². The van der Waals surface area contributed by atoms with Crippen molar-refractivity contribution in [1.82, 2.24) is 14.8 Å². The molecule has 0 aliphatic carbocycles. The van der Waals surface area contributed by atoms with Crippen LogP contribution in [0, 0.1) is 6.92 Å². The minimum Gasteiger partial charge on any atom is -0.332 e. The molecule has 0 aromatic carbocycles. The molecule has 1 rings (SSSR count). The minimum atomic E-state index is -0.190. The fraction of sp³-hybridized carbons (Fsp3) is 0.706. The molecular formula is C17H30N4O2S. The lowest BCUT2D eigenvalue weighted by molar-refractivity contribution is -0.135. The molecule has 0 bridgehead atoms. The summed E-state index contributed by atoms with van der Waals surface area (Å²) in [5.41, 5.74) is 0.881. The number of thiazole rings is 1. The number of aromatic nitrogens is 1. The van der Waals surface area contributed by atoms with E-state index in [0.29, 0.717) is 18.1 Å². The maximum atomic E-state index is 12.4. The van der Waals surface area contributed by atoms with Gasteiger partial charge in [0, 0.05) is 24.9 Å². The first-order valence-electron chi connectivity index (χ1n) is 8.56. The standard InChI is InChI=1S/C17H30N4O2S/c1-5-6-7-8-9-16(23)21(11-10-20(3)4)12-15(22)19-17-18-14(2)13-24-17/h13H,5-12H2,1-4H3,(H,18,19,22). The number of carbonyl (C=O) groups excluding carboxylic acids is 2. The smallest absolute Gasteiger partial charge is 0.245 e. The van der Waals surface area contributed by atoms with Crippen molar-refractivity contribution < 1.29 is 9.59 Å². The summed E-state index contributed by atoms with van der Waals surface area (Å²) in [6, 6.07) is 0. The minimum absolute atomic E-state index is 0.0541. The largest absolute Gasteiger partial charge is 0.332 e. The lowest BCUT2D eigenvalue weighted by Crippen LogP contribution is -2.41. The van der Waals surface area contributed by atoms with Crippen LogP contribution in [0.15, 0.2) is 5.38 Å². The summed E-state index contributed by atoms with van der Waals surface area (Å²) in [5, 5.41) is 5.24. The van der Waals surface area contributed by atoms with E-state index in [1.807, 2.05) is 31.3 Å². The second kappa shape index (κ2) is 11.1. The Balaban J connectivity index is 2.53. The van der Waals surface area contributed by atoms with Gasteiger partial charge in [-0.25, -0.2) is 4.98 Å². The molecule has 0 aliphatic rings. The number of rotatable bonds is 11. The highest BCUT2D eigenvalue weighted by molar-refractivity contribution is 7.13. The van der Waals surface area contributed by atoms with Crippen molar-refractivity contribution in [3.05, 3.63) is 11.1 Å². The zero-order valence-electron chi connectivity index (χ0n) is 15.3. The lowest BCUT2D eigenvalue weighted by atomic mass is 10.1. The second-order valence-corrected chi connectivity index (χ2v) is 7.13. The van der Waals surface area contributed by atoms with Crippen molar-refractivity contribution in [2.75, 3.05) is 39.0 Å². The van der Waals surface area contributed by atoms with Gasteiger partial charge in [-0.15, -0.1) is 11.3 Å². The summed E-state index contributed by atoms with van der Waals surface area (Å²) in [5.74, 6) is -0.136. The molecule has 0 spiro atoms. The van der Waals surface area contributed by atoms with Crippen LogP contribution in [0.5, 0.6) is 0 Å². The van der Waals surface area contributed by atoms with E-state index in [-0.39, 0.29) is 18.4 Å². The number of nitrogens with zero attached hydrogens (tertiary/aromatic N) is 3. The third kappa shape index (κ3) is 8.40. The quantitative estimate of drug-likeness (QED) is 0.621. The molecule has 2 amide bonds. The van der Waals surface area contributed by atoms with Crippen LogP contribution in [-0.4, -0.2) is 60.3 Å². The molecule has 0 unspecified atom stereocenters. The van der Waals surface area contributed by atoms with Crippen LogP contribution in [0.1, 0.15) is 44.7 Å². The Morgan fingerprint density at radius 2 is 1.96 bits per heavy atom. The highest BCUT2D eigenvalue weighted by Crippen LogP contribution is 2.14. The number of aryl methyl sites for hydroxylation is 1. The number of nitrogens with one attached hydrogen (secondary N) is 1. The predicted molar refractivity (Wildman–Crippen MR) is 99.4 cm³/mol. The number of anilines is 1. The summed E-state index contributed by atoms with van der Waals surface area (Å²) in [6.45, 7) is 5.42. The summed E-state index contributed by atoms with van der Waals surface area (Å²) in [4.78, 5) is 32.5. The van der Waals surface area contributed by atoms with E-state index in [0.717, 1.165) is 37.9 Å². The van der Waals surface area contributed by atoms with E-state index in [4.69, 9.17) is 0 Å². The Labute approximate surface area is 149 Å². The Bertz CT molecular complexity index is 516. The molecule has 7 heteroatoms. The highest BCUT2D eigenvalue weighted by Gasteiger charge is 2.17. The number of likely N-dealkylation sites (N-methyl/N-ethyl adjacent to an activating group) is 1. The first kappa shape index (κ1) is 20.6. The number of hydrogen-bond acceptors (Lipinski definition) is 5. The molecule has 1 aromatic heterocycles. The summed E-state index contributed by atoms with van der Waals surface area (Å²) in [7, 11) is 3.92. The number of amides is 2. The molecule has 1 heterocycles. The first-order valence-corrected chi connectivity index (χ1v) is 9.44. The fourth-order valence-electron chi connectivity index (χ4n) is 2.22. The fourth-order valence-corrected chi connectivity index (χ4v) is 2.92. The topological polar surface area (TPSA) is 65.5 Å². The van der Waals surface area contributed by atoms with Crippen molar-refractivity contribution in [2.45, 2.75) is 46.0 Å². The maximum absolute atomic E-state index is 12.4. The molecule has 0 radical (unpaired) electrons. The SMILES string of the molecule is CCCCCCC(=O)N(CCN(C)C)CC(=O)Nc1nc(C)cs1. The average molecular weight is 355 g/mol. The molecule has 0 saturated carbocycles. The van der Waals surface area contributed by atoms with Crippen LogP contribution >= 0.6 is 11.3 Å².